The summed E-state index contributed by atoms with van der Waals surface area (Å²) in [4.78, 5) is 14.9. The quantitative estimate of drug-likeness (QED) is 0.169. The minimum Gasteiger partial charge on any atom is -0.309 e. The third-order valence-electron chi connectivity index (χ3n) is 10.9. The minimum atomic E-state index is 0.512. The SMILES string of the molecule is N#Cc1cccc(-c2nc(-c3ccccc3)nc(-c3cccc(-n4c5ccc(-c6ccccc6)cc5c5cc(-c6cccc7c6sc6ccccc67)ccc54)c3)n2)c1. The lowest BCUT2D eigenvalue weighted by Gasteiger charge is -2.12. The van der Waals surface area contributed by atoms with Crippen LogP contribution in [-0.4, -0.2) is 19.5 Å². The lowest BCUT2D eigenvalue weighted by molar-refractivity contribution is 1.07. The molecule has 0 amide bonds. The molecule has 0 spiro atoms. The Bertz CT molecular complexity index is 3410. The fraction of sp³-hybridized carbons (Fsp3) is 0. The van der Waals surface area contributed by atoms with Gasteiger partial charge in [-0.15, -0.1) is 11.3 Å². The van der Waals surface area contributed by atoms with Gasteiger partial charge in [-0.1, -0.05) is 133 Å². The van der Waals surface area contributed by atoms with Crippen molar-refractivity contribution >= 4 is 53.3 Å². The van der Waals surface area contributed by atoms with E-state index in [2.05, 4.69) is 138 Å². The summed E-state index contributed by atoms with van der Waals surface area (Å²) in [5, 5.41) is 14.6. The second-order valence-electron chi connectivity index (χ2n) is 14.4. The molecule has 0 radical (unpaired) electrons. The van der Waals surface area contributed by atoms with Gasteiger partial charge >= 0.3 is 0 Å². The molecule has 0 fully saturated rings. The van der Waals surface area contributed by atoms with Gasteiger partial charge in [-0.25, -0.2) is 15.0 Å². The van der Waals surface area contributed by atoms with E-state index >= 15 is 0 Å². The average Bonchev–Trinajstić information content (AvgIpc) is 3.85. The maximum atomic E-state index is 9.66. The number of aromatic nitrogens is 4. The first-order chi connectivity index (χ1) is 28.7. The van der Waals surface area contributed by atoms with E-state index in [-0.39, 0.29) is 0 Å². The van der Waals surface area contributed by atoms with Crippen molar-refractivity contribution in [2.75, 3.05) is 0 Å². The highest BCUT2D eigenvalue weighted by molar-refractivity contribution is 7.26. The van der Waals surface area contributed by atoms with Gasteiger partial charge in [0.05, 0.1) is 22.7 Å². The van der Waals surface area contributed by atoms with Gasteiger partial charge in [0.2, 0.25) is 0 Å². The smallest absolute Gasteiger partial charge is 0.164 e. The summed E-state index contributed by atoms with van der Waals surface area (Å²) < 4.78 is 4.95. The average molecular weight is 758 g/mol. The van der Waals surface area contributed by atoms with Crippen LogP contribution in [0, 0.1) is 11.3 Å². The van der Waals surface area contributed by atoms with Crippen LogP contribution >= 0.6 is 11.3 Å². The van der Waals surface area contributed by atoms with Gasteiger partial charge in [0.1, 0.15) is 0 Å². The topological polar surface area (TPSA) is 67.4 Å². The number of hydrogen-bond donors (Lipinski definition) is 0. The molecule has 11 aromatic rings. The molecule has 8 aromatic carbocycles. The van der Waals surface area contributed by atoms with E-state index < -0.39 is 0 Å². The van der Waals surface area contributed by atoms with E-state index in [9.17, 15) is 5.26 Å². The Labute approximate surface area is 338 Å². The molecule has 11 rings (SSSR count). The summed E-state index contributed by atoms with van der Waals surface area (Å²) in [6.07, 6.45) is 0. The van der Waals surface area contributed by atoms with E-state index in [4.69, 9.17) is 15.0 Å². The fourth-order valence-electron chi connectivity index (χ4n) is 8.12. The van der Waals surface area contributed by atoms with Crippen molar-refractivity contribution in [1.29, 1.82) is 5.26 Å². The molecule has 6 heteroatoms. The number of nitrogens with zero attached hydrogens (tertiary/aromatic N) is 5. The Balaban J connectivity index is 1.11. The van der Waals surface area contributed by atoms with Gasteiger partial charge < -0.3 is 4.57 Å². The molecular formula is C52H31N5S. The van der Waals surface area contributed by atoms with E-state index in [1.807, 2.05) is 65.9 Å². The molecule has 0 aliphatic carbocycles. The first-order valence-electron chi connectivity index (χ1n) is 19.2. The normalized spacial score (nSPS) is 11.4. The summed E-state index contributed by atoms with van der Waals surface area (Å²) in [5.41, 5.74) is 11.1. The van der Waals surface area contributed by atoms with Crippen LogP contribution < -0.4 is 0 Å². The van der Waals surface area contributed by atoms with Crippen LogP contribution in [0.3, 0.4) is 0 Å². The predicted molar refractivity (Wildman–Crippen MR) is 239 cm³/mol. The molecule has 0 atom stereocenters. The molecule has 270 valence electrons. The van der Waals surface area contributed by atoms with Crippen LogP contribution in [0.25, 0.3) is 104 Å². The number of fused-ring (bicyclic) bond motifs is 6. The first kappa shape index (κ1) is 33.6. The zero-order chi connectivity index (χ0) is 38.6. The zero-order valence-electron chi connectivity index (χ0n) is 31.0. The van der Waals surface area contributed by atoms with E-state index in [1.54, 1.807) is 6.07 Å². The van der Waals surface area contributed by atoms with Crippen molar-refractivity contribution in [2.24, 2.45) is 0 Å². The molecule has 58 heavy (non-hydrogen) atoms. The third-order valence-corrected chi connectivity index (χ3v) is 12.1. The summed E-state index contributed by atoms with van der Waals surface area (Å²) in [5.74, 6) is 1.64. The lowest BCUT2D eigenvalue weighted by Crippen LogP contribution is -2.01. The maximum absolute atomic E-state index is 9.66. The highest BCUT2D eigenvalue weighted by Gasteiger charge is 2.18. The van der Waals surface area contributed by atoms with E-state index in [1.165, 1.54) is 53.2 Å². The maximum Gasteiger partial charge on any atom is 0.164 e. The second kappa shape index (κ2) is 13.8. The lowest BCUT2D eigenvalue weighted by atomic mass is 9.99. The van der Waals surface area contributed by atoms with Crippen molar-refractivity contribution in [2.45, 2.75) is 0 Å². The van der Waals surface area contributed by atoms with E-state index in [0.29, 0.717) is 23.0 Å². The summed E-state index contributed by atoms with van der Waals surface area (Å²) in [6, 6.07) is 67.6. The third kappa shape index (κ3) is 5.73. The van der Waals surface area contributed by atoms with Gasteiger partial charge in [0.25, 0.3) is 0 Å². The van der Waals surface area contributed by atoms with Crippen LogP contribution in [-0.2, 0) is 0 Å². The number of hydrogen-bond acceptors (Lipinski definition) is 5. The molecule has 0 saturated heterocycles. The van der Waals surface area contributed by atoms with Gasteiger partial charge in [0.15, 0.2) is 17.5 Å². The zero-order valence-corrected chi connectivity index (χ0v) is 31.9. The highest BCUT2D eigenvalue weighted by Crippen LogP contribution is 2.42. The van der Waals surface area contributed by atoms with Crippen molar-refractivity contribution < 1.29 is 0 Å². The molecule has 3 aromatic heterocycles. The van der Waals surface area contributed by atoms with Crippen LogP contribution in [0.1, 0.15) is 5.56 Å². The predicted octanol–water partition coefficient (Wildman–Crippen LogP) is 13.5. The Hall–Kier alpha value is -7.72. The fourth-order valence-corrected chi connectivity index (χ4v) is 9.35. The Kier molecular flexibility index (Phi) is 7.99. The number of thiophene rings is 1. The Morgan fingerprint density at radius 1 is 0.414 bits per heavy atom. The molecule has 0 N–H and O–H groups in total. The van der Waals surface area contributed by atoms with Crippen LogP contribution in [0.2, 0.25) is 0 Å². The first-order valence-corrected chi connectivity index (χ1v) is 20.0. The summed E-state index contributed by atoms with van der Waals surface area (Å²) in [7, 11) is 0. The van der Waals surface area contributed by atoms with Crippen molar-refractivity contribution in [3.63, 3.8) is 0 Å². The van der Waals surface area contributed by atoms with Crippen molar-refractivity contribution in [1.82, 2.24) is 19.5 Å². The Morgan fingerprint density at radius 2 is 0.983 bits per heavy atom. The van der Waals surface area contributed by atoms with Crippen molar-refractivity contribution in [3.05, 3.63) is 194 Å². The van der Waals surface area contributed by atoms with E-state index in [0.717, 1.165) is 33.4 Å². The molecule has 0 saturated carbocycles. The monoisotopic (exact) mass is 757 g/mol. The van der Waals surface area contributed by atoms with Gasteiger partial charge in [-0.2, -0.15) is 5.26 Å². The summed E-state index contributed by atoms with van der Waals surface area (Å²) >= 11 is 1.86. The van der Waals surface area contributed by atoms with Gasteiger partial charge in [-0.05, 0) is 76.9 Å². The number of benzene rings is 8. The number of nitriles is 1. The standard InChI is InChI=1S/C52H31N5S/c53-32-33-12-9-17-38(28-33)51-54-50(35-15-5-2-6-16-35)55-52(56-51)39-18-10-19-40(29-39)57-46-26-24-36(34-13-3-1-4-14-34)30-44(46)45-31-37(25-27-47(45)57)41-21-11-22-43-42-20-7-8-23-48(42)58-49(41)43/h1-31H. The van der Waals surface area contributed by atoms with Crippen LogP contribution in [0.4, 0.5) is 0 Å². The van der Waals surface area contributed by atoms with Crippen LogP contribution in [0.5, 0.6) is 0 Å². The molecule has 0 aliphatic heterocycles. The van der Waals surface area contributed by atoms with Gasteiger partial charge in [-0.3, -0.25) is 0 Å². The summed E-state index contributed by atoms with van der Waals surface area (Å²) in [6.45, 7) is 0. The molecule has 0 aliphatic rings. The van der Waals surface area contributed by atoms with Crippen molar-refractivity contribution in [3.8, 4) is 68.2 Å². The second-order valence-corrected chi connectivity index (χ2v) is 15.4. The largest absolute Gasteiger partial charge is 0.309 e. The molecular weight excluding hydrogens is 727 g/mol. The number of rotatable bonds is 6. The van der Waals surface area contributed by atoms with Gasteiger partial charge in [0, 0.05) is 53.3 Å². The molecule has 3 heterocycles. The van der Waals surface area contributed by atoms with Crippen LogP contribution in [0.15, 0.2) is 188 Å². The highest BCUT2D eigenvalue weighted by atomic mass is 32.1. The molecule has 5 nitrogen and oxygen atoms in total. The molecule has 0 bridgehead atoms. The molecule has 0 unspecified atom stereocenters. The minimum absolute atomic E-state index is 0.512. The Morgan fingerprint density at radius 3 is 1.72 bits per heavy atom.